The third kappa shape index (κ3) is 9.70. The first kappa shape index (κ1) is 63.3. The first-order valence-corrected chi connectivity index (χ1v) is 45.1. The highest BCUT2D eigenvalue weighted by Gasteiger charge is 2.56. The molecule has 0 radical (unpaired) electrons. The number of aromatic nitrogens is 1. The predicted molar refractivity (Wildman–Crippen MR) is 512 cm³/mol. The van der Waals surface area contributed by atoms with Gasteiger partial charge in [0.05, 0.1) is 38.5 Å². The molecule has 0 unspecified atom stereocenters. The van der Waals surface area contributed by atoms with Crippen LogP contribution in [0, 0.1) is 0 Å². The van der Waals surface area contributed by atoms with Gasteiger partial charge < -0.3 is 19.1 Å². The molecule has 0 saturated carbocycles. The van der Waals surface area contributed by atoms with Gasteiger partial charge in [-0.25, -0.2) is 0 Å². The summed E-state index contributed by atoms with van der Waals surface area (Å²) in [6.45, 7) is 14.1. The number of para-hydroxylation sites is 3. The minimum Gasteiger partial charge on any atom is -0.457 e. The van der Waals surface area contributed by atoms with E-state index in [1.165, 1.54) is 122 Å². The molecule has 0 fully saturated rings. The summed E-state index contributed by atoms with van der Waals surface area (Å²) < 4.78 is 88.0. The topological polar surface area (TPSA) is 20.6 Å². The summed E-state index contributed by atoms with van der Waals surface area (Å²) in [5.74, 6) is 1.54. The van der Waals surface area contributed by atoms with E-state index in [1.807, 2.05) is 0 Å². The average Bonchev–Trinajstić information content (AvgIpc) is 1.50. The van der Waals surface area contributed by atoms with Crippen LogP contribution >= 0.6 is 0 Å². The highest BCUT2D eigenvalue weighted by atomic mass is 28.3. The molecule has 580 valence electrons. The molecule has 17 aromatic carbocycles. The van der Waals surface area contributed by atoms with Crippen molar-refractivity contribution >= 4 is 96.5 Å². The molecule has 1 aromatic heterocycles. The zero-order valence-electron chi connectivity index (χ0n) is 76.8. The highest BCUT2D eigenvalue weighted by molar-refractivity contribution is 7.21. The number of nitrogens with zero attached hydrogens (tertiary/aromatic N) is 3. The maximum atomic E-state index is 10.3. The van der Waals surface area contributed by atoms with Gasteiger partial charge in [0.1, 0.15) is 11.5 Å². The summed E-state index contributed by atoms with van der Waals surface area (Å²) in [5, 5.41) is 4.74. The van der Waals surface area contributed by atoms with Gasteiger partial charge in [0.25, 0.3) is 6.71 Å². The van der Waals surface area contributed by atoms with Crippen molar-refractivity contribution in [2.75, 3.05) is 22.9 Å². The molecule has 4 nitrogen and oxygen atoms in total. The number of anilines is 4. The molecule has 0 bridgehead atoms. The molecular formula is C116H88BN3OSi. The summed E-state index contributed by atoms with van der Waals surface area (Å²) in [6.07, 6.45) is 1.09. The van der Waals surface area contributed by atoms with E-state index in [4.69, 9.17) is 4.74 Å². The van der Waals surface area contributed by atoms with Crippen LogP contribution in [0.4, 0.5) is 22.7 Å². The first-order chi connectivity index (χ1) is 63.1. The SMILES string of the molecule is [2H]c1c([2H])c([2H])c2c(c1[2H])c1c([2H])c([2H])c([2H])c([2H])c1n2-c1cc2c3c(c1)N(CCc1cccc4c1-c1ccccc1C41c4ccccc4-c4ccccc41)c1cc4c(cc1B3c1ccc(-c3cc(C(C)(C)C)cc(C(C)(C)C)c3)cc1N2CCc1cccc2c1-c1ccccc1C21c2ccccc2-c2ccccc21)[Si](c1ccccc1)(c1ccccc1)c1ccccc1O4. The van der Waals surface area contributed by atoms with Crippen molar-refractivity contribution in [3.05, 3.63) is 443 Å². The minimum absolute atomic E-state index is 0.0129. The second-order valence-corrected chi connectivity index (χ2v) is 40.2. The normalized spacial score (nSPS) is 15.7. The number of rotatable bonds is 10. The first-order valence-electron chi connectivity index (χ1n) is 47.1. The highest BCUT2D eigenvalue weighted by Crippen LogP contribution is 2.66. The summed E-state index contributed by atoms with van der Waals surface area (Å²) >= 11 is 0. The lowest BCUT2D eigenvalue weighted by Gasteiger charge is -2.46. The lowest BCUT2D eigenvalue weighted by Crippen LogP contribution is -2.77. The lowest BCUT2D eigenvalue weighted by atomic mass is 9.33. The number of ether oxygens (including phenoxy) is 1. The zero-order valence-corrected chi connectivity index (χ0v) is 69.8. The van der Waals surface area contributed by atoms with Crippen LogP contribution in [0.3, 0.4) is 0 Å². The van der Waals surface area contributed by atoms with E-state index in [2.05, 4.69) is 379 Å². The van der Waals surface area contributed by atoms with Crippen molar-refractivity contribution in [3.63, 3.8) is 0 Å². The molecule has 4 aliphatic carbocycles. The Kier molecular flexibility index (Phi) is 13.5. The molecule has 0 saturated heterocycles. The van der Waals surface area contributed by atoms with Crippen molar-refractivity contribution in [2.45, 2.75) is 76.0 Å². The number of hydrogen-bond acceptors (Lipinski definition) is 3. The third-order valence-electron chi connectivity index (χ3n) is 28.4. The standard InChI is InChI=1S/C116H88BN3OSi/c1-113(2,3)77-65-76(66-78(68-77)114(4,5)6)75-59-60-98-102(67-75)118(63-61-73-33-31-53-96-110(73)88-45-17-25-51-94(88)115(96)90-47-21-13-39-82(90)83-40-14-22-48-91(83)115)104-69-79(120-100-55-27-19-43-86(100)87-44-20-28-56-101(87)120)70-105-112(104)117(98)99-71-109-107(121-106-57-29-30-58-108(106)122(109,80-35-9-7-10-36-80)81-37-11-8-12-38-81)72-103(99)119(105)64-62-74-34-32-54-97-111(74)89-46-18-26-52-95(89)116(97)92-49-23-15-41-84(92)85-42-16-24-50-93(85)116/h7-60,65-72H,61-64H2,1-6H3/i19D,20D,27D,28D,43D,44D,55D,56D. The van der Waals surface area contributed by atoms with Crippen LogP contribution in [0.1, 0.15) is 119 Å². The van der Waals surface area contributed by atoms with Gasteiger partial charge in [0.15, 0.2) is 8.07 Å². The van der Waals surface area contributed by atoms with Gasteiger partial charge >= 0.3 is 0 Å². The Bertz CT molecular complexity index is 7780. The van der Waals surface area contributed by atoms with Crippen LogP contribution in [-0.2, 0) is 34.5 Å². The minimum atomic E-state index is -3.42. The Labute approximate surface area is 726 Å². The van der Waals surface area contributed by atoms with Gasteiger partial charge in [-0.3, -0.25) is 0 Å². The molecule has 3 aliphatic heterocycles. The maximum Gasteiger partial charge on any atom is 0.252 e. The molecule has 122 heavy (non-hydrogen) atoms. The molecule has 0 N–H and O–H groups in total. The second-order valence-electron chi connectivity index (χ2n) is 36.4. The Morgan fingerprint density at radius 1 is 0.344 bits per heavy atom. The number of hydrogen-bond donors (Lipinski definition) is 0. The number of fused-ring (bicyclic) bond motifs is 29. The summed E-state index contributed by atoms with van der Waals surface area (Å²) in [5.41, 5.74) is 32.4. The van der Waals surface area contributed by atoms with Crippen LogP contribution in [0.25, 0.3) is 83.1 Å². The van der Waals surface area contributed by atoms with Gasteiger partial charge in [-0.2, -0.15) is 0 Å². The summed E-state index contributed by atoms with van der Waals surface area (Å²) in [7, 11) is -3.42. The molecule has 0 atom stereocenters. The van der Waals surface area contributed by atoms with Crippen LogP contribution in [0.5, 0.6) is 11.5 Å². The molecule has 2 spiro atoms. The Morgan fingerprint density at radius 2 is 0.762 bits per heavy atom. The van der Waals surface area contributed by atoms with E-state index >= 15 is 0 Å². The molecule has 4 heterocycles. The average molecular weight is 1590 g/mol. The fourth-order valence-corrected chi connectivity index (χ4v) is 28.2. The Hall–Kier alpha value is -13.8. The van der Waals surface area contributed by atoms with Crippen molar-refractivity contribution in [2.24, 2.45) is 0 Å². The van der Waals surface area contributed by atoms with Crippen molar-refractivity contribution in [1.82, 2.24) is 4.57 Å². The van der Waals surface area contributed by atoms with Gasteiger partial charge in [0, 0.05) is 52.7 Å². The van der Waals surface area contributed by atoms with E-state index in [9.17, 15) is 11.0 Å². The van der Waals surface area contributed by atoms with Crippen molar-refractivity contribution in [3.8, 4) is 72.8 Å². The van der Waals surface area contributed by atoms with Gasteiger partial charge in [-0.1, -0.05) is 375 Å². The van der Waals surface area contributed by atoms with Crippen LogP contribution in [-0.4, -0.2) is 32.4 Å². The summed E-state index contributed by atoms with van der Waals surface area (Å²) in [6, 6.07) is 119. The van der Waals surface area contributed by atoms with Crippen LogP contribution in [0.2, 0.25) is 0 Å². The third-order valence-corrected chi connectivity index (χ3v) is 33.2. The monoisotopic (exact) mass is 1590 g/mol. The fraction of sp³-hybridized carbons (Fsp3) is 0.121. The van der Waals surface area contributed by atoms with Crippen LogP contribution in [0.15, 0.2) is 376 Å². The van der Waals surface area contributed by atoms with Crippen molar-refractivity contribution in [1.29, 1.82) is 0 Å². The zero-order chi connectivity index (χ0) is 88.2. The van der Waals surface area contributed by atoms with E-state index in [1.54, 1.807) is 4.57 Å². The molecule has 7 aliphatic rings. The van der Waals surface area contributed by atoms with Gasteiger partial charge in [-0.15, -0.1) is 0 Å². The molecule has 18 aromatic rings. The van der Waals surface area contributed by atoms with E-state index in [0.29, 0.717) is 31.6 Å². The Morgan fingerprint density at radius 3 is 1.25 bits per heavy atom. The fourth-order valence-electron chi connectivity index (χ4n) is 23.3. The van der Waals surface area contributed by atoms with Crippen molar-refractivity contribution < 1.29 is 15.7 Å². The largest absolute Gasteiger partial charge is 0.457 e. The van der Waals surface area contributed by atoms with Crippen LogP contribution < -0.4 is 51.7 Å². The smallest absolute Gasteiger partial charge is 0.252 e. The quantitative estimate of drug-likeness (QED) is 0.127. The molecule has 6 heteroatoms. The van der Waals surface area contributed by atoms with E-state index in [-0.39, 0.29) is 44.7 Å². The van der Waals surface area contributed by atoms with E-state index < -0.39 is 61.9 Å². The Balaban J connectivity index is 0.798. The number of benzene rings is 17. The molecule has 0 amide bonds. The molecular weight excluding hydrogens is 1490 g/mol. The lowest BCUT2D eigenvalue weighted by molar-refractivity contribution is 0.487. The predicted octanol–water partition coefficient (Wildman–Crippen LogP) is 23.1. The van der Waals surface area contributed by atoms with Gasteiger partial charge in [-0.05, 0) is 220 Å². The maximum absolute atomic E-state index is 10.3. The van der Waals surface area contributed by atoms with Gasteiger partial charge in [0.2, 0.25) is 0 Å². The molecule has 25 rings (SSSR count). The second kappa shape index (κ2) is 26.1. The van der Waals surface area contributed by atoms with E-state index in [0.717, 1.165) is 72.1 Å². The summed E-state index contributed by atoms with van der Waals surface area (Å²) in [4.78, 5) is 5.07.